The van der Waals surface area contributed by atoms with Gasteiger partial charge in [0, 0.05) is 28.1 Å². The molecule has 1 heterocycles. The van der Waals surface area contributed by atoms with Gasteiger partial charge >= 0.3 is 0 Å². The molecule has 0 spiro atoms. The van der Waals surface area contributed by atoms with E-state index in [0.717, 1.165) is 33.4 Å². The monoisotopic (exact) mass is 524 g/mol. The number of halogens is 1. The maximum atomic E-state index is 13.1. The van der Waals surface area contributed by atoms with Crippen molar-refractivity contribution in [3.05, 3.63) is 75.4 Å². The van der Waals surface area contributed by atoms with Crippen LogP contribution in [0, 0.1) is 13.8 Å². The molecule has 6 nitrogen and oxygen atoms in total. The predicted octanol–water partition coefficient (Wildman–Crippen LogP) is 6.04. The smallest absolute Gasteiger partial charge is 0.254 e. The fraction of sp³-hybridized carbons (Fsp3) is 0.370. The van der Waals surface area contributed by atoms with Crippen LogP contribution >= 0.6 is 15.9 Å². The summed E-state index contributed by atoms with van der Waals surface area (Å²) in [5.74, 6) is 0.171. The lowest BCUT2D eigenvalue weighted by Crippen LogP contribution is -2.38. The summed E-state index contributed by atoms with van der Waals surface area (Å²) >= 11 is 3.39. The number of nitrogens with zero attached hydrogens (tertiary/aromatic N) is 3. The molecule has 0 radical (unpaired) electrons. The SMILES string of the molecule is CCCN(CC(=O)Nc1cc(C(C)(C)C)nn1-c1cccc(C)c1C)C(=O)c1ccc(Br)cc1. The number of amides is 2. The molecule has 180 valence electrons. The van der Waals surface area contributed by atoms with Crippen molar-refractivity contribution in [3.63, 3.8) is 0 Å². The van der Waals surface area contributed by atoms with Crippen molar-refractivity contribution in [2.75, 3.05) is 18.4 Å². The van der Waals surface area contributed by atoms with Gasteiger partial charge < -0.3 is 10.2 Å². The van der Waals surface area contributed by atoms with Crippen LogP contribution in [0.3, 0.4) is 0 Å². The van der Waals surface area contributed by atoms with Gasteiger partial charge in [-0.25, -0.2) is 4.68 Å². The minimum atomic E-state index is -0.258. The van der Waals surface area contributed by atoms with Gasteiger partial charge in [0.1, 0.15) is 12.4 Å². The average molecular weight is 525 g/mol. The van der Waals surface area contributed by atoms with Gasteiger partial charge in [-0.3, -0.25) is 9.59 Å². The first-order valence-corrected chi connectivity index (χ1v) is 12.3. The fourth-order valence-corrected chi connectivity index (χ4v) is 3.90. The molecule has 34 heavy (non-hydrogen) atoms. The van der Waals surface area contributed by atoms with Gasteiger partial charge in [0.15, 0.2) is 0 Å². The molecule has 7 heteroatoms. The van der Waals surface area contributed by atoms with E-state index in [1.165, 1.54) is 0 Å². The van der Waals surface area contributed by atoms with E-state index < -0.39 is 0 Å². The lowest BCUT2D eigenvalue weighted by Gasteiger charge is -2.22. The number of anilines is 1. The Kier molecular flexibility index (Phi) is 7.97. The molecular weight excluding hydrogens is 492 g/mol. The molecule has 2 amide bonds. The highest BCUT2D eigenvalue weighted by Gasteiger charge is 2.24. The van der Waals surface area contributed by atoms with Crippen molar-refractivity contribution in [2.24, 2.45) is 0 Å². The summed E-state index contributed by atoms with van der Waals surface area (Å²) < 4.78 is 2.69. The highest BCUT2D eigenvalue weighted by molar-refractivity contribution is 9.10. The Bertz CT molecular complexity index is 1180. The Balaban J connectivity index is 1.89. The van der Waals surface area contributed by atoms with Crippen LogP contribution < -0.4 is 5.32 Å². The maximum Gasteiger partial charge on any atom is 0.254 e. The number of rotatable bonds is 7. The van der Waals surface area contributed by atoms with Crippen LogP contribution in [-0.4, -0.2) is 39.6 Å². The Morgan fingerprint density at radius 1 is 1.09 bits per heavy atom. The second-order valence-corrected chi connectivity index (χ2v) is 10.5. The fourth-order valence-electron chi connectivity index (χ4n) is 3.64. The highest BCUT2D eigenvalue weighted by Crippen LogP contribution is 2.28. The second kappa shape index (κ2) is 10.6. The van der Waals surface area contributed by atoms with Crippen molar-refractivity contribution in [1.82, 2.24) is 14.7 Å². The number of aryl methyl sites for hydroxylation is 1. The first-order valence-electron chi connectivity index (χ1n) is 11.5. The molecule has 0 saturated carbocycles. The van der Waals surface area contributed by atoms with Crippen LogP contribution in [0.25, 0.3) is 5.69 Å². The Hall–Kier alpha value is -2.93. The Morgan fingerprint density at radius 2 is 1.76 bits per heavy atom. The first kappa shape index (κ1) is 25.7. The van der Waals surface area contributed by atoms with Gasteiger partial charge in [-0.1, -0.05) is 55.8 Å². The molecular formula is C27H33BrN4O2. The third-order valence-electron chi connectivity index (χ3n) is 5.76. The summed E-state index contributed by atoms with van der Waals surface area (Å²) in [4.78, 5) is 27.8. The van der Waals surface area contributed by atoms with E-state index in [9.17, 15) is 9.59 Å². The lowest BCUT2D eigenvalue weighted by molar-refractivity contribution is -0.116. The molecule has 2 aromatic carbocycles. The van der Waals surface area contributed by atoms with E-state index in [-0.39, 0.29) is 23.8 Å². The normalized spacial score (nSPS) is 11.4. The van der Waals surface area contributed by atoms with E-state index in [2.05, 4.69) is 61.9 Å². The van der Waals surface area contributed by atoms with Crippen LogP contribution in [0.15, 0.2) is 53.0 Å². The zero-order valence-corrected chi connectivity index (χ0v) is 22.4. The van der Waals surface area contributed by atoms with Gasteiger partial charge in [0.25, 0.3) is 5.91 Å². The Morgan fingerprint density at radius 3 is 2.38 bits per heavy atom. The number of carbonyl (C=O) groups is 2. The largest absolute Gasteiger partial charge is 0.329 e. The van der Waals surface area contributed by atoms with Gasteiger partial charge in [-0.05, 0) is 61.7 Å². The minimum Gasteiger partial charge on any atom is -0.329 e. The quantitative estimate of drug-likeness (QED) is 0.409. The van der Waals surface area contributed by atoms with Gasteiger partial charge in [0.05, 0.1) is 11.4 Å². The maximum absolute atomic E-state index is 13.1. The first-order chi connectivity index (χ1) is 16.0. The van der Waals surface area contributed by atoms with Gasteiger partial charge in [-0.15, -0.1) is 0 Å². The van der Waals surface area contributed by atoms with E-state index in [1.54, 1.807) is 21.7 Å². The molecule has 0 saturated heterocycles. The number of hydrogen-bond acceptors (Lipinski definition) is 3. The van der Waals surface area contributed by atoms with Crippen LogP contribution in [0.5, 0.6) is 0 Å². The summed E-state index contributed by atoms with van der Waals surface area (Å²) in [5, 5.41) is 7.84. The highest BCUT2D eigenvalue weighted by atomic mass is 79.9. The topological polar surface area (TPSA) is 67.2 Å². The summed E-state index contributed by atoms with van der Waals surface area (Å²) in [7, 11) is 0. The van der Waals surface area contributed by atoms with Crippen molar-refractivity contribution in [2.45, 2.75) is 53.4 Å². The molecule has 0 aliphatic rings. The van der Waals surface area contributed by atoms with Crippen LogP contribution in [0.2, 0.25) is 0 Å². The molecule has 0 aliphatic heterocycles. The molecule has 0 fully saturated rings. The summed E-state index contributed by atoms with van der Waals surface area (Å²) in [6.07, 6.45) is 0.754. The number of aromatic nitrogens is 2. The molecule has 0 atom stereocenters. The van der Waals surface area contributed by atoms with Crippen molar-refractivity contribution >= 4 is 33.6 Å². The molecule has 1 aromatic heterocycles. The van der Waals surface area contributed by atoms with Crippen LogP contribution in [0.1, 0.15) is 61.3 Å². The van der Waals surface area contributed by atoms with E-state index in [1.807, 2.05) is 37.3 Å². The van der Waals surface area contributed by atoms with Gasteiger partial charge in [0.2, 0.25) is 5.91 Å². The number of benzene rings is 2. The van der Waals surface area contributed by atoms with Crippen LogP contribution in [-0.2, 0) is 10.2 Å². The molecule has 0 aliphatic carbocycles. The molecule has 1 N–H and O–H groups in total. The van der Waals surface area contributed by atoms with E-state index in [4.69, 9.17) is 5.10 Å². The molecule has 0 bridgehead atoms. The van der Waals surface area contributed by atoms with Crippen LogP contribution in [0.4, 0.5) is 5.82 Å². The zero-order chi connectivity index (χ0) is 25.0. The average Bonchev–Trinajstić information content (AvgIpc) is 3.19. The standard InChI is InChI=1S/C27H33BrN4O2/c1-7-15-31(26(34)20-11-13-21(28)14-12-20)17-25(33)29-24-16-23(27(4,5)6)30-32(24)22-10-8-9-18(2)19(22)3/h8-14,16H,7,15,17H2,1-6H3,(H,29,33). The molecule has 0 unspecified atom stereocenters. The van der Waals surface area contributed by atoms with E-state index >= 15 is 0 Å². The van der Waals surface area contributed by atoms with Crippen molar-refractivity contribution < 1.29 is 9.59 Å². The Labute approximate surface area is 210 Å². The summed E-state index contributed by atoms with van der Waals surface area (Å²) in [6, 6.07) is 15.1. The predicted molar refractivity (Wildman–Crippen MR) is 141 cm³/mol. The number of carbonyl (C=O) groups excluding carboxylic acids is 2. The number of hydrogen-bond donors (Lipinski definition) is 1. The molecule has 3 aromatic rings. The third kappa shape index (κ3) is 5.95. The van der Waals surface area contributed by atoms with Crippen molar-refractivity contribution in [1.29, 1.82) is 0 Å². The third-order valence-corrected chi connectivity index (χ3v) is 6.28. The van der Waals surface area contributed by atoms with Gasteiger partial charge in [-0.2, -0.15) is 5.10 Å². The zero-order valence-electron chi connectivity index (χ0n) is 20.8. The van der Waals surface area contributed by atoms with Crippen molar-refractivity contribution in [3.8, 4) is 5.69 Å². The molecule has 3 rings (SSSR count). The minimum absolute atomic E-state index is 0.0361. The van der Waals surface area contributed by atoms with E-state index in [0.29, 0.717) is 17.9 Å². The number of nitrogens with one attached hydrogen (secondary N) is 1. The second-order valence-electron chi connectivity index (χ2n) is 9.58. The summed E-state index contributed by atoms with van der Waals surface area (Å²) in [5.41, 5.74) is 4.41. The lowest BCUT2D eigenvalue weighted by atomic mass is 9.92. The summed E-state index contributed by atoms with van der Waals surface area (Å²) in [6.45, 7) is 12.8.